The predicted octanol–water partition coefficient (Wildman–Crippen LogP) is 13.8. The second kappa shape index (κ2) is 48.9. The third kappa shape index (κ3) is 47.3. The highest BCUT2D eigenvalue weighted by atomic mass is 127. The number of allylic oxidation sites excluding steroid dienone is 8. The molecule has 0 aromatic carbocycles. The largest absolute Gasteiger partial charge is 1.00 e. The summed E-state index contributed by atoms with van der Waals surface area (Å²) in [6, 6.07) is 2.19. The molecule has 0 aromatic rings. The predicted molar refractivity (Wildman–Crippen MR) is 289 cm³/mol. The van der Waals surface area contributed by atoms with Gasteiger partial charge in [0.1, 0.15) is 0 Å². The Hall–Kier alpha value is -0.116. The van der Waals surface area contributed by atoms with Crippen molar-refractivity contribution in [1.29, 1.82) is 0 Å². The van der Waals surface area contributed by atoms with Crippen LogP contribution >= 0.6 is 0 Å². The van der Waals surface area contributed by atoms with Crippen molar-refractivity contribution < 1.29 is 46.2 Å². The minimum absolute atomic E-state index is 0. The van der Waals surface area contributed by atoms with E-state index in [0.717, 1.165) is 107 Å². The minimum Gasteiger partial charge on any atom is -1.00 e. The highest BCUT2D eigenvalue weighted by Crippen LogP contribution is 2.21. The molecule has 0 aliphatic rings. The summed E-state index contributed by atoms with van der Waals surface area (Å²) in [6.45, 7) is 21.8. The maximum absolute atomic E-state index is 6.65. The summed E-state index contributed by atoms with van der Waals surface area (Å²) in [5.41, 5.74) is 0. The van der Waals surface area contributed by atoms with Crippen LogP contribution < -0.4 is 24.0 Å². The lowest BCUT2D eigenvalue weighted by atomic mass is 10.2. The highest BCUT2D eigenvalue weighted by Gasteiger charge is 2.32. The molecule has 0 saturated carbocycles. The Morgan fingerprint density at radius 1 is 0.369 bits per heavy atom. The van der Waals surface area contributed by atoms with Crippen LogP contribution in [0.4, 0.5) is 0 Å². The molecule has 0 N–H and O–H groups in total. The normalized spacial score (nSPS) is 13.0. The second-order valence-electron chi connectivity index (χ2n) is 20.1. The summed E-state index contributed by atoms with van der Waals surface area (Å²) in [6.07, 6.45) is 54.4. The molecule has 0 spiro atoms. The zero-order valence-corrected chi connectivity index (χ0v) is 49.3. The fraction of sp³-hybridized carbons (Fsp3) is 0.857. The van der Waals surface area contributed by atoms with E-state index in [1.165, 1.54) is 148 Å². The monoisotopic (exact) mass is 1060 g/mol. The molecular formula is C56H113IN2O4Si2. The Labute approximate surface area is 427 Å². The molecule has 0 aliphatic heterocycles. The van der Waals surface area contributed by atoms with E-state index in [9.17, 15) is 0 Å². The van der Waals surface area contributed by atoms with Gasteiger partial charge in [0.25, 0.3) is 0 Å². The molecule has 0 aliphatic carbocycles. The first-order valence-electron chi connectivity index (χ1n) is 27.7. The number of rotatable bonds is 50. The summed E-state index contributed by atoms with van der Waals surface area (Å²) in [7, 11) is 2.77. The van der Waals surface area contributed by atoms with E-state index in [0.29, 0.717) is 0 Å². The van der Waals surface area contributed by atoms with Crippen molar-refractivity contribution >= 4 is 17.1 Å². The van der Waals surface area contributed by atoms with Gasteiger partial charge in [-0.05, 0) is 161 Å². The fourth-order valence-corrected chi connectivity index (χ4v) is 13.0. The van der Waals surface area contributed by atoms with Crippen molar-refractivity contribution in [1.82, 2.24) is 4.90 Å². The quantitative estimate of drug-likeness (QED) is 0.0200. The van der Waals surface area contributed by atoms with Crippen LogP contribution in [0.3, 0.4) is 0 Å². The van der Waals surface area contributed by atoms with Crippen molar-refractivity contribution in [3.8, 4) is 0 Å². The van der Waals surface area contributed by atoms with Crippen molar-refractivity contribution in [2.75, 3.05) is 73.7 Å². The number of unbranched alkanes of at least 4 members (excludes halogenated alkanes) is 18. The van der Waals surface area contributed by atoms with E-state index < -0.39 is 17.1 Å². The lowest BCUT2D eigenvalue weighted by Crippen LogP contribution is -3.00. The molecule has 386 valence electrons. The van der Waals surface area contributed by atoms with Crippen LogP contribution in [0.1, 0.15) is 214 Å². The zero-order valence-electron chi connectivity index (χ0n) is 45.1. The molecule has 0 aromatic heterocycles. The third-order valence-corrected chi connectivity index (χ3v) is 18.4. The first-order chi connectivity index (χ1) is 31.1. The van der Waals surface area contributed by atoms with E-state index in [1.54, 1.807) is 0 Å². The molecule has 0 bridgehead atoms. The van der Waals surface area contributed by atoms with Crippen molar-refractivity contribution in [3.05, 3.63) is 48.6 Å². The van der Waals surface area contributed by atoms with Gasteiger partial charge in [0.05, 0.1) is 27.2 Å². The van der Waals surface area contributed by atoms with Gasteiger partial charge in [-0.1, -0.05) is 134 Å². The second-order valence-corrected chi connectivity index (χ2v) is 26.7. The van der Waals surface area contributed by atoms with E-state index in [2.05, 4.69) is 115 Å². The Morgan fingerprint density at radius 3 is 0.969 bits per heavy atom. The topological polar surface area (TPSA) is 40.2 Å². The molecule has 0 atom stereocenters. The average Bonchev–Trinajstić information content (AvgIpc) is 3.27. The average molecular weight is 1060 g/mol. The van der Waals surface area contributed by atoms with Crippen molar-refractivity contribution in [3.63, 3.8) is 0 Å². The standard InChI is InChI=1S/C56H113N2O4Si2.HI/c1-10-14-18-22-26-30-34-40-51-59-63(8,60-52-41-35-31-27-23-19-15-11-2)55-44-38-47-57(5)48-46-50-58(6,7)49-39-45-56-64(9,61-53-42-36-32-28-24-20-16-12-3)62-54-43-37-33-29-25-21-17-13-4;/h26-33H,10-25,34-56H2,1-9H3;1H/q+1;/p-1/b30-26-,31-27-,32-28-,33-29-;. The van der Waals surface area contributed by atoms with Crippen molar-refractivity contribution in [2.24, 2.45) is 0 Å². The Morgan fingerprint density at radius 2 is 0.646 bits per heavy atom. The van der Waals surface area contributed by atoms with Crippen LogP contribution in [0.5, 0.6) is 0 Å². The van der Waals surface area contributed by atoms with Gasteiger partial charge in [-0.15, -0.1) is 0 Å². The molecule has 65 heavy (non-hydrogen) atoms. The van der Waals surface area contributed by atoms with Crippen LogP contribution in [0.15, 0.2) is 48.6 Å². The molecule has 0 rings (SSSR count). The van der Waals surface area contributed by atoms with Gasteiger partial charge in [-0.25, -0.2) is 0 Å². The molecule has 0 fully saturated rings. The molecule has 0 radical (unpaired) electrons. The molecule has 9 heteroatoms. The fourth-order valence-electron chi connectivity index (χ4n) is 8.13. The maximum atomic E-state index is 6.65. The first kappa shape index (κ1) is 67.0. The Balaban J connectivity index is 0. The summed E-state index contributed by atoms with van der Waals surface area (Å²) >= 11 is 0. The van der Waals surface area contributed by atoms with Crippen molar-refractivity contribution in [2.45, 2.75) is 239 Å². The summed E-state index contributed by atoms with van der Waals surface area (Å²) in [5, 5.41) is 0. The van der Waals surface area contributed by atoms with Crippen LogP contribution in [-0.4, -0.2) is 100 Å². The van der Waals surface area contributed by atoms with Crippen LogP contribution in [0.2, 0.25) is 25.2 Å². The van der Waals surface area contributed by atoms with Gasteiger partial charge < -0.3 is 51.1 Å². The number of hydrogen-bond donors (Lipinski definition) is 0. The van der Waals surface area contributed by atoms with E-state index in [1.807, 2.05) is 0 Å². The van der Waals surface area contributed by atoms with Crippen LogP contribution in [0, 0.1) is 0 Å². The molecule has 0 saturated heterocycles. The maximum Gasteiger partial charge on any atom is 0.334 e. The number of quaternary nitrogens is 1. The lowest BCUT2D eigenvalue weighted by molar-refractivity contribution is -0.890. The summed E-state index contributed by atoms with van der Waals surface area (Å²) in [4.78, 5) is 2.55. The SMILES string of the molecule is CCCCC/C=C\CCCO[Si](C)(CCCCN(C)CCC[N+](C)(C)CCCC[Si](C)(OCCC/C=C\CCCCC)OCCC/C=C\CCCCC)OCCC/C=C\CCCCC.[I-]. The number of nitrogens with zero attached hydrogens (tertiary/aromatic N) is 2. The van der Waals surface area contributed by atoms with Gasteiger partial charge in [-0.3, -0.25) is 0 Å². The molecule has 0 heterocycles. The molecular weight excluding hydrogens is 948 g/mol. The molecule has 6 nitrogen and oxygen atoms in total. The third-order valence-electron chi connectivity index (χ3n) is 12.6. The van der Waals surface area contributed by atoms with Gasteiger partial charge in [-0.2, -0.15) is 0 Å². The molecule has 0 unspecified atom stereocenters. The number of halogens is 1. The van der Waals surface area contributed by atoms with Gasteiger partial charge in [0.2, 0.25) is 0 Å². The Bertz CT molecular complexity index is 1050. The van der Waals surface area contributed by atoms with Crippen LogP contribution in [0.25, 0.3) is 0 Å². The summed E-state index contributed by atoms with van der Waals surface area (Å²) in [5.74, 6) is 0. The van der Waals surface area contributed by atoms with Gasteiger partial charge in [0.15, 0.2) is 0 Å². The van der Waals surface area contributed by atoms with E-state index in [-0.39, 0.29) is 24.0 Å². The van der Waals surface area contributed by atoms with Gasteiger partial charge >= 0.3 is 17.1 Å². The van der Waals surface area contributed by atoms with E-state index in [4.69, 9.17) is 17.7 Å². The Kier molecular flexibility index (Phi) is 50.4. The smallest absolute Gasteiger partial charge is 0.334 e. The lowest BCUT2D eigenvalue weighted by Gasteiger charge is -2.32. The van der Waals surface area contributed by atoms with Gasteiger partial charge in [0, 0.05) is 39.4 Å². The minimum atomic E-state index is -2.20. The van der Waals surface area contributed by atoms with E-state index >= 15 is 0 Å². The zero-order chi connectivity index (χ0) is 47.1. The first-order valence-corrected chi connectivity index (χ1v) is 32.8. The van der Waals surface area contributed by atoms with Crippen LogP contribution in [-0.2, 0) is 17.7 Å². The summed E-state index contributed by atoms with van der Waals surface area (Å²) < 4.78 is 27.7. The number of hydrogen-bond acceptors (Lipinski definition) is 5. The highest BCUT2D eigenvalue weighted by molar-refractivity contribution is 6.66. The molecule has 0 amide bonds.